The van der Waals surface area contributed by atoms with Crippen molar-refractivity contribution in [3.8, 4) is 5.75 Å². The van der Waals surface area contributed by atoms with Gasteiger partial charge in [-0.1, -0.05) is 28.9 Å². The second-order valence-electron chi connectivity index (χ2n) is 7.95. The van der Waals surface area contributed by atoms with Crippen LogP contribution in [0.25, 0.3) is 5.57 Å². The van der Waals surface area contributed by atoms with E-state index < -0.39 is 5.97 Å². The predicted molar refractivity (Wildman–Crippen MR) is 119 cm³/mol. The number of para-hydroxylation sites is 1. The van der Waals surface area contributed by atoms with Crippen molar-refractivity contribution in [3.63, 3.8) is 0 Å². The SMILES string of the molecule is COC(=O)C1=C(c2c(C)noc2C)C[C@@H]2CC[C@H]1N2C(=O)NCCOc1ccccc1Cl. The van der Waals surface area contributed by atoms with Gasteiger partial charge in [0.15, 0.2) is 0 Å². The Morgan fingerprint density at radius 2 is 2.06 bits per heavy atom. The molecule has 0 aliphatic carbocycles. The minimum atomic E-state index is -0.426. The number of ether oxygens (including phenoxy) is 2. The first-order valence-corrected chi connectivity index (χ1v) is 11.0. The summed E-state index contributed by atoms with van der Waals surface area (Å²) in [6.45, 7) is 4.28. The number of nitrogens with zero attached hydrogens (tertiary/aromatic N) is 2. The number of hydrogen-bond donors (Lipinski definition) is 1. The largest absolute Gasteiger partial charge is 0.490 e. The number of esters is 1. The van der Waals surface area contributed by atoms with Crippen molar-refractivity contribution in [1.82, 2.24) is 15.4 Å². The van der Waals surface area contributed by atoms with E-state index in [-0.39, 0.29) is 24.7 Å². The number of hydrogen-bond acceptors (Lipinski definition) is 6. The summed E-state index contributed by atoms with van der Waals surface area (Å²) in [4.78, 5) is 27.6. The summed E-state index contributed by atoms with van der Waals surface area (Å²) in [5, 5.41) is 7.47. The number of aromatic nitrogens is 1. The molecule has 8 nitrogen and oxygen atoms in total. The Kier molecular flexibility index (Phi) is 6.41. The van der Waals surface area contributed by atoms with Gasteiger partial charge in [-0.15, -0.1) is 0 Å². The highest BCUT2D eigenvalue weighted by atomic mass is 35.5. The zero-order valence-electron chi connectivity index (χ0n) is 18.3. The number of urea groups is 1. The smallest absolute Gasteiger partial charge is 0.336 e. The van der Waals surface area contributed by atoms with Gasteiger partial charge < -0.3 is 24.2 Å². The van der Waals surface area contributed by atoms with Gasteiger partial charge in [0, 0.05) is 11.6 Å². The molecular formula is C23H26ClN3O5. The molecule has 3 heterocycles. The first-order valence-electron chi connectivity index (χ1n) is 10.6. The van der Waals surface area contributed by atoms with Gasteiger partial charge in [0.05, 0.1) is 36.0 Å². The maximum atomic E-state index is 13.0. The van der Waals surface area contributed by atoms with Gasteiger partial charge >= 0.3 is 12.0 Å². The molecule has 1 aromatic heterocycles. The normalized spacial score (nSPS) is 19.8. The van der Waals surface area contributed by atoms with E-state index in [0.29, 0.717) is 41.5 Å². The fraction of sp³-hybridized carbons (Fsp3) is 0.435. The van der Waals surface area contributed by atoms with Crippen LogP contribution in [-0.4, -0.2) is 54.4 Å². The van der Waals surface area contributed by atoms with Crippen LogP contribution in [0.15, 0.2) is 34.4 Å². The molecule has 0 radical (unpaired) electrons. The van der Waals surface area contributed by atoms with E-state index in [0.717, 1.165) is 23.3 Å². The average molecular weight is 460 g/mol. The lowest BCUT2D eigenvalue weighted by Crippen LogP contribution is -2.51. The van der Waals surface area contributed by atoms with Gasteiger partial charge in [-0.25, -0.2) is 9.59 Å². The Labute approximate surface area is 191 Å². The van der Waals surface area contributed by atoms with E-state index in [1.165, 1.54) is 7.11 Å². The molecule has 9 heteroatoms. The molecule has 2 aliphatic heterocycles. The van der Waals surface area contributed by atoms with Crippen LogP contribution in [0.5, 0.6) is 5.75 Å². The molecule has 2 amide bonds. The molecule has 2 aromatic rings. The van der Waals surface area contributed by atoms with E-state index in [9.17, 15) is 9.59 Å². The summed E-state index contributed by atoms with van der Waals surface area (Å²) < 4.78 is 16.1. The minimum absolute atomic E-state index is 0.0124. The average Bonchev–Trinajstić information content (AvgIpc) is 3.28. The monoisotopic (exact) mass is 459 g/mol. The molecule has 1 aromatic carbocycles. The van der Waals surface area contributed by atoms with Crippen LogP contribution in [0.4, 0.5) is 4.79 Å². The summed E-state index contributed by atoms with van der Waals surface area (Å²) in [7, 11) is 1.36. The molecular weight excluding hydrogens is 434 g/mol. The number of benzene rings is 1. The molecule has 0 unspecified atom stereocenters. The van der Waals surface area contributed by atoms with E-state index in [1.54, 1.807) is 17.0 Å². The Bertz CT molecular complexity index is 1040. The molecule has 1 N–H and O–H groups in total. The van der Waals surface area contributed by atoms with E-state index in [4.69, 9.17) is 25.6 Å². The van der Waals surface area contributed by atoms with E-state index in [1.807, 2.05) is 26.0 Å². The van der Waals surface area contributed by atoms with Crippen molar-refractivity contribution >= 4 is 29.2 Å². The van der Waals surface area contributed by atoms with Crippen LogP contribution >= 0.6 is 11.6 Å². The molecule has 4 rings (SSSR count). The molecule has 1 saturated heterocycles. The minimum Gasteiger partial charge on any atom is -0.490 e. The standard InChI is InChI=1S/C23H26ClN3O5/c1-13-20(14(2)32-26-13)16-12-15-8-9-18(21(16)22(28)30-3)27(15)23(29)25-10-11-31-19-7-5-4-6-17(19)24/h4-7,15,18H,8-12H2,1-3H3,(H,25,29)/t15-,18+/m0/s1. The summed E-state index contributed by atoms with van der Waals surface area (Å²) in [6.07, 6.45) is 2.06. The number of fused-ring (bicyclic) bond motifs is 2. The molecule has 2 bridgehead atoms. The van der Waals surface area contributed by atoms with Crippen molar-refractivity contribution in [1.29, 1.82) is 0 Å². The molecule has 1 fully saturated rings. The van der Waals surface area contributed by atoms with Gasteiger partial charge in [-0.2, -0.15) is 0 Å². The molecule has 0 spiro atoms. The lowest BCUT2D eigenvalue weighted by atomic mass is 9.87. The highest BCUT2D eigenvalue weighted by Gasteiger charge is 2.47. The molecule has 32 heavy (non-hydrogen) atoms. The van der Waals surface area contributed by atoms with Gasteiger partial charge in [-0.05, 0) is 50.8 Å². The highest BCUT2D eigenvalue weighted by Crippen LogP contribution is 2.44. The van der Waals surface area contributed by atoms with Crippen molar-refractivity contribution < 1.29 is 23.6 Å². The number of carbonyl (C=O) groups excluding carboxylic acids is 2. The van der Waals surface area contributed by atoms with Gasteiger partial charge in [0.25, 0.3) is 0 Å². The fourth-order valence-electron chi connectivity index (χ4n) is 4.71. The van der Waals surface area contributed by atoms with E-state index in [2.05, 4.69) is 10.5 Å². The van der Waals surface area contributed by atoms with Crippen LogP contribution in [0.1, 0.15) is 36.3 Å². The van der Waals surface area contributed by atoms with Crippen LogP contribution in [0.3, 0.4) is 0 Å². The van der Waals surface area contributed by atoms with Crippen molar-refractivity contribution in [2.24, 2.45) is 0 Å². The van der Waals surface area contributed by atoms with Crippen molar-refractivity contribution in [2.45, 2.75) is 45.2 Å². The number of rotatable bonds is 6. The summed E-state index contributed by atoms with van der Waals surface area (Å²) >= 11 is 6.09. The summed E-state index contributed by atoms with van der Waals surface area (Å²) in [6, 6.07) is 6.60. The Hall–Kier alpha value is -3.00. The maximum absolute atomic E-state index is 13.0. The van der Waals surface area contributed by atoms with Gasteiger partial charge in [0.2, 0.25) is 0 Å². The maximum Gasteiger partial charge on any atom is 0.336 e. The first-order chi connectivity index (χ1) is 15.4. The Balaban J connectivity index is 1.50. The lowest BCUT2D eigenvalue weighted by Gasteiger charge is -2.37. The third-order valence-electron chi connectivity index (χ3n) is 6.05. The third kappa shape index (κ3) is 4.07. The van der Waals surface area contributed by atoms with Crippen LogP contribution in [-0.2, 0) is 9.53 Å². The number of nitrogens with one attached hydrogen (secondary N) is 1. The van der Waals surface area contributed by atoms with Crippen LogP contribution < -0.4 is 10.1 Å². The van der Waals surface area contributed by atoms with Gasteiger partial charge in [-0.3, -0.25) is 0 Å². The van der Waals surface area contributed by atoms with E-state index >= 15 is 0 Å². The van der Waals surface area contributed by atoms with Crippen molar-refractivity contribution in [3.05, 3.63) is 51.9 Å². The number of halogens is 1. The summed E-state index contributed by atoms with van der Waals surface area (Å²) in [5.74, 6) is 0.805. The molecule has 170 valence electrons. The summed E-state index contributed by atoms with van der Waals surface area (Å²) in [5.41, 5.74) is 2.95. The quantitative estimate of drug-likeness (QED) is 0.520. The highest BCUT2D eigenvalue weighted by molar-refractivity contribution is 6.32. The number of methoxy groups -OCH3 is 1. The Morgan fingerprint density at radius 1 is 1.28 bits per heavy atom. The topological polar surface area (TPSA) is 93.9 Å². The number of carbonyl (C=O) groups is 2. The zero-order chi connectivity index (χ0) is 22.8. The van der Waals surface area contributed by atoms with Crippen molar-refractivity contribution in [2.75, 3.05) is 20.3 Å². The number of amides is 2. The predicted octanol–water partition coefficient (Wildman–Crippen LogP) is 3.90. The first kappa shape index (κ1) is 22.2. The third-order valence-corrected chi connectivity index (χ3v) is 6.36. The molecule has 2 atom stereocenters. The van der Waals surface area contributed by atoms with Crippen LogP contribution in [0.2, 0.25) is 5.02 Å². The Morgan fingerprint density at radius 3 is 2.75 bits per heavy atom. The fourth-order valence-corrected chi connectivity index (χ4v) is 4.90. The molecule has 2 aliphatic rings. The molecule has 0 saturated carbocycles. The van der Waals surface area contributed by atoms with Crippen LogP contribution in [0, 0.1) is 13.8 Å². The zero-order valence-corrected chi connectivity index (χ0v) is 19.1. The lowest BCUT2D eigenvalue weighted by molar-refractivity contribution is -0.136. The van der Waals surface area contributed by atoms with Gasteiger partial charge in [0.1, 0.15) is 18.1 Å². The number of aryl methyl sites for hydroxylation is 2. The second-order valence-corrected chi connectivity index (χ2v) is 8.36. The second kappa shape index (κ2) is 9.24.